The normalized spacial score (nSPS) is 12.2. The topological polar surface area (TPSA) is 72.2 Å². The van der Waals surface area contributed by atoms with Crippen LogP contribution < -0.4 is 11.1 Å². The van der Waals surface area contributed by atoms with Gasteiger partial charge in [-0.3, -0.25) is 9.59 Å². The number of benzene rings is 1. The van der Waals surface area contributed by atoms with E-state index in [1.165, 1.54) is 0 Å². The molecule has 0 aliphatic heterocycles. The average Bonchev–Trinajstić information content (AvgIpc) is 2.36. The van der Waals surface area contributed by atoms with Crippen molar-refractivity contribution in [3.05, 3.63) is 35.9 Å². The van der Waals surface area contributed by atoms with Gasteiger partial charge in [-0.2, -0.15) is 0 Å². The summed E-state index contributed by atoms with van der Waals surface area (Å²) >= 11 is 0. The van der Waals surface area contributed by atoms with Crippen molar-refractivity contribution in [2.24, 2.45) is 17.6 Å². The van der Waals surface area contributed by atoms with Gasteiger partial charge in [0.1, 0.15) is 0 Å². The summed E-state index contributed by atoms with van der Waals surface area (Å²) in [6.45, 7) is 4.68. The molecule has 0 saturated heterocycles. The van der Waals surface area contributed by atoms with Crippen LogP contribution in [0.3, 0.4) is 0 Å². The monoisotopic (exact) mass is 276 g/mol. The maximum atomic E-state index is 11.9. The van der Waals surface area contributed by atoms with Gasteiger partial charge in [0.15, 0.2) is 0 Å². The lowest BCUT2D eigenvalue weighted by Gasteiger charge is -2.17. The Labute approximate surface area is 120 Å². The quantitative estimate of drug-likeness (QED) is 0.764. The van der Waals surface area contributed by atoms with E-state index in [1.807, 2.05) is 30.3 Å². The molecule has 4 nitrogen and oxygen atoms in total. The van der Waals surface area contributed by atoms with E-state index in [4.69, 9.17) is 5.73 Å². The Kier molecular flexibility index (Phi) is 6.77. The second-order valence-corrected chi connectivity index (χ2v) is 5.63. The minimum Gasteiger partial charge on any atom is -0.370 e. The molecular formula is C16H24N2O2. The van der Waals surface area contributed by atoms with Crippen LogP contribution in [0.1, 0.15) is 38.7 Å². The van der Waals surface area contributed by atoms with Crippen LogP contribution in [0, 0.1) is 11.8 Å². The van der Waals surface area contributed by atoms with Gasteiger partial charge in [-0.25, -0.2) is 0 Å². The van der Waals surface area contributed by atoms with Crippen LogP contribution in [0.25, 0.3) is 0 Å². The predicted octanol–water partition coefficient (Wildman–Crippen LogP) is 2.23. The van der Waals surface area contributed by atoms with E-state index in [0.29, 0.717) is 18.9 Å². The summed E-state index contributed by atoms with van der Waals surface area (Å²) in [5, 5.41) is 2.88. The van der Waals surface area contributed by atoms with Crippen molar-refractivity contribution in [2.45, 2.75) is 39.7 Å². The van der Waals surface area contributed by atoms with Crippen LogP contribution >= 0.6 is 0 Å². The Morgan fingerprint density at radius 2 is 1.80 bits per heavy atom. The molecule has 0 spiro atoms. The minimum absolute atomic E-state index is 0.0271. The van der Waals surface area contributed by atoms with Gasteiger partial charge in [0, 0.05) is 19.4 Å². The first kappa shape index (κ1) is 16.2. The molecule has 110 valence electrons. The zero-order valence-corrected chi connectivity index (χ0v) is 12.3. The molecule has 1 aromatic carbocycles. The number of rotatable bonds is 8. The SMILES string of the molecule is CC(C)C[C@H](CC(N)=O)CC(=O)NCc1ccccc1. The Bertz CT molecular complexity index is 429. The van der Waals surface area contributed by atoms with Crippen molar-refractivity contribution in [1.29, 1.82) is 0 Å². The number of nitrogens with one attached hydrogen (secondary N) is 1. The van der Waals surface area contributed by atoms with Crippen LogP contribution in [-0.2, 0) is 16.1 Å². The highest BCUT2D eigenvalue weighted by atomic mass is 16.2. The molecule has 1 rings (SSSR count). The van der Waals surface area contributed by atoms with Crippen molar-refractivity contribution in [3.63, 3.8) is 0 Å². The van der Waals surface area contributed by atoms with Crippen molar-refractivity contribution in [2.75, 3.05) is 0 Å². The second kappa shape index (κ2) is 8.35. The number of carbonyl (C=O) groups is 2. The lowest BCUT2D eigenvalue weighted by molar-refractivity contribution is -0.123. The predicted molar refractivity (Wildman–Crippen MR) is 79.7 cm³/mol. The lowest BCUT2D eigenvalue weighted by atomic mass is 9.91. The third kappa shape index (κ3) is 6.92. The van der Waals surface area contributed by atoms with Gasteiger partial charge in [-0.1, -0.05) is 44.2 Å². The lowest BCUT2D eigenvalue weighted by Crippen LogP contribution is -2.27. The van der Waals surface area contributed by atoms with Crippen molar-refractivity contribution < 1.29 is 9.59 Å². The van der Waals surface area contributed by atoms with Gasteiger partial charge < -0.3 is 11.1 Å². The standard InChI is InChI=1S/C16H24N2O2/c1-12(2)8-14(9-15(17)19)10-16(20)18-11-13-6-4-3-5-7-13/h3-7,12,14H,8-11H2,1-2H3,(H2,17,19)(H,18,20)/t14-/m1/s1. The number of hydrogen-bond acceptors (Lipinski definition) is 2. The van der Waals surface area contributed by atoms with Gasteiger partial charge in [0.25, 0.3) is 0 Å². The molecule has 0 aliphatic carbocycles. The van der Waals surface area contributed by atoms with Crippen molar-refractivity contribution >= 4 is 11.8 Å². The summed E-state index contributed by atoms with van der Waals surface area (Å²) in [5.41, 5.74) is 6.31. The molecule has 0 fully saturated rings. The van der Waals surface area contributed by atoms with Crippen molar-refractivity contribution in [1.82, 2.24) is 5.32 Å². The molecule has 0 bridgehead atoms. The summed E-state index contributed by atoms with van der Waals surface area (Å²) in [6, 6.07) is 9.76. The molecule has 0 aliphatic rings. The van der Waals surface area contributed by atoms with Gasteiger partial charge in [0.05, 0.1) is 0 Å². The smallest absolute Gasteiger partial charge is 0.220 e. The fraction of sp³-hybridized carbons (Fsp3) is 0.500. The van der Waals surface area contributed by atoms with Crippen LogP contribution in [0.5, 0.6) is 0 Å². The van der Waals surface area contributed by atoms with E-state index >= 15 is 0 Å². The first-order valence-electron chi connectivity index (χ1n) is 7.06. The number of primary amides is 1. The van der Waals surface area contributed by atoms with E-state index in [9.17, 15) is 9.59 Å². The summed E-state index contributed by atoms with van der Waals surface area (Å²) in [6.07, 6.45) is 1.46. The molecule has 0 unspecified atom stereocenters. The van der Waals surface area contributed by atoms with E-state index in [0.717, 1.165) is 12.0 Å². The number of amides is 2. The zero-order chi connectivity index (χ0) is 15.0. The van der Waals surface area contributed by atoms with Gasteiger partial charge in [0.2, 0.25) is 11.8 Å². The molecule has 0 aromatic heterocycles. The molecular weight excluding hydrogens is 252 g/mol. The highest BCUT2D eigenvalue weighted by molar-refractivity contribution is 5.78. The molecule has 1 atom stereocenters. The minimum atomic E-state index is -0.341. The third-order valence-corrected chi connectivity index (χ3v) is 3.10. The molecule has 0 heterocycles. The fourth-order valence-corrected chi connectivity index (χ4v) is 2.32. The van der Waals surface area contributed by atoms with E-state index in [1.54, 1.807) is 0 Å². The van der Waals surface area contributed by atoms with E-state index in [-0.39, 0.29) is 24.2 Å². The molecule has 0 radical (unpaired) electrons. The Morgan fingerprint density at radius 3 is 2.35 bits per heavy atom. The first-order chi connectivity index (χ1) is 9.47. The molecule has 20 heavy (non-hydrogen) atoms. The molecule has 2 amide bonds. The number of nitrogens with two attached hydrogens (primary N) is 1. The Morgan fingerprint density at radius 1 is 1.15 bits per heavy atom. The largest absolute Gasteiger partial charge is 0.370 e. The maximum Gasteiger partial charge on any atom is 0.220 e. The molecule has 1 aromatic rings. The third-order valence-electron chi connectivity index (χ3n) is 3.10. The summed E-state index contributed by atoms with van der Waals surface area (Å²) in [7, 11) is 0. The zero-order valence-electron chi connectivity index (χ0n) is 12.3. The highest BCUT2D eigenvalue weighted by Crippen LogP contribution is 2.18. The number of carbonyl (C=O) groups excluding carboxylic acids is 2. The first-order valence-corrected chi connectivity index (χ1v) is 7.06. The Balaban J connectivity index is 2.42. The molecule has 0 saturated carbocycles. The molecule has 3 N–H and O–H groups in total. The van der Waals surface area contributed by atoms with E-state index in [2.05, 4.69) is 19.2 Å². The fourth-order valence-electron chi connectivity index (χ4n) is 2.32. The maximum absolute atomic E-state index is 11.9. The number of hydrogen-bond donors (Lipinski definition) is 2. The average molecular weight is 276 g/mol. The second-order valence-electron chi connectivity index (χ2n) is 5.63. The molecule has 4 heteroatoms. The summed E-state index contributed by atoms with van der Waals surface area (Å²) < 4.78 is 0. The van der Waals surface area contributed by atoms with Gasteiger partial charge >= 0.3 is 0 Å². The van der Waals surface area contributed by atoms with Gasteiger partial charge in [-0.05, 0) is 23.8 Å². The van der Waals surface area contributed by atoms with Crippen molar-refractivity contribution in [3.8, 4) is 0 Å². The highest BCUT2D eigenvalue weighted by Gasteiger charge is 2.17. The summed E-state index contributed by atoms with van der Waals surface area (Å²) in [4.78, 5) is 23.0. The van der Waals surface area contributed by atoms with Crippen LogP contribution in [0.2, 0.25) is 0 Å². The van der Waals surface area contributed by atoms with E-state index < -0.39 is 0 Å². The Hall–Kier alpha value is -1.84. The van der Waals surface area contributed by atoms with Gasteiger partial charge in [-0.15, -0.1) is 0 Å². The van der Waals surface area contributed by atoms with Crippen LogP contribution in [-0.4, -0.2) is 11.8 Å². The summed E-state index contributed by atoms with van der Waals surface area (Å²) in [5.74, 6) is 0.108. The van der Waals surface area contributed by atoms with Crippen LogP contribution in [0.15, 0.2) is 30.3 Å². The van der Waals surface area contributed by atoms with Crippen LogP contribution in [0.4, 0.5) is 0 Å².